The summed E-state index contributed by atoms with van der Waals surface area (Å²) < 4.78 is 0. The molecule has 3 heteroatoms. The molecule has 1 heterocycles. The molecule has 0 aliphatic carbocycles. The number of nitrogens with one attached hydrogen (secondary N) is 1. The van der Waals surface area contributed by atoms with Crippen LogP contribution in [-0.4, -0.2) is 29.9 Å². The first-order valence-corrected chi connectivity index (χ1v) is 8.20. The van der Waals surface area contributed by atoms with Crippen LogP contribution in [0.4, 0.5) is 0 Å². The summed E-state index contributed by atoms with van der Waals surface area (Å²) in [7, 11) is 0. The van der Waals surface area contributed by atoms with Crippen LogP contribution < -0.4 is 5.32 Å². The van der Waals surface area contributed by atoms with Crippen molar-refractivity contribution in [3.63, 3.8) is 0 Å². The number of hydrogen-bond acceptors (Lipinski definition) is 2. The molecule has 1 aliphatic heterocycles. The maximum Gasteiger partial charge on any atom is 0.251 e. The van der Waals surface area contributed by atoms with Gasteiger partial charge in [-0.15, -0.1) is 0 Å². The minimum atomic E-state index is 0.0301. The molecule has 1 N–H and O–H groups in total. The molecule has 0 radical (unpaired) electrons. The van der Waals surface area contributed by atoms with Crippen molar-refractivity contribution in [3.05, 3.63) is 35.4 Å². The minimum absolute atomic E-state index is 0.0301. The average molecular weight is 288 g/mol. The van der Waals surface area contributed by atoms with Crippen LogP contribution in [0.3, 0.4) is 0 Å². The van der Waals surface area contributed by atoms with E-state index in [0.29, 0.717) is 0 Å². The SMILES string of the molecule is CC[C@@H](C)NC(=O)c1ccc(CN2CCC[C@H](C)C2)cc1. The van der Waals surface area contributed by atoms with Crippen molar-refractivity contribution in [3.8, 4) is 0 Å². The Morgan fingerprint density at radius 2 is 2.10 bits per heavy atom. The Kier molecular flexibility index (Phi) is 5.80. The largest absolute Gasteiger partial charge is 0.350 e. The highest BCUT2D eigenvalue weighted by Gasteiger charge is 2.16. The van der Waals surface area contributed by atoms with E-state index < -0.39 is 0 Å². The van der Waals surface area contributed by atoms with Crippen molar-refractivity contribution in [1.82, 2.24) is 10.2 Å². The van der Waals surface area contributed by atoms with E-state index in [4.69, 9.17) is 0 Å². The molecule has 0 saturated carbocycles. The zero-order valence-electron chi connectivity index (χ0n) is 13.6. The highest BCUT2D eigenvalue weighted by Crippen LogP contribution is 2.18. The first kappa shape index (κ1) is 16.0. The summed E-state index contributed by atoms with van der Waals surface area (Å²) >= 11 is 0. The second-order valence-electron chi connectivity index (χ2n) is 6.46. The zero-order chi connectivity index (χ0) is 15.2. The standard InChI is InChI=1S/C18H28N2O/c1-4-15(3)19-18(21)17-9-7-16(8-10-17)13-20-11-5-6-14(2)12-20/h7-10,14-15H,4-6,11-13H2,1-3H3,(H,19,21)/t14-,15+/m0/s1. The molecule has 3 nitrogen and oxygen atoms in total. The van der Waals surface area contributed by atoms with E-state index in [1.807, 2.05) is 19.1 Å². The summed E-state index contributed by atoms with van der Waals surface area (Å²) in [5, 5.41) is 3.00. The summed E-state index contributed by atoms with van der Waals surface area (Å²) in [5.41, 5.74) is 2.05. The molecule has 1 aromatic rings. The normalized spacial score (nSPS) is 21.0. The van der Waals surface area contributed by atoms with Crippen molar-refractivity contribution < 1.29 is 4.79 Å². The van der Waals surface area contributed by atoms with Crippen molar-refractivity contribution in [2.24, 2.45) is 5.92 Å². The van der Waals surface area contributed by atoms with Gasteiger partial charge >= 0.3 is 0 Å². The number of hydrogen-bond donors (Lipinski definition) is 1. The number of nitrogens with zero attached hydrogens (tertiary/aromatic N) is 1. The monoisotopic (exact) mass is 288 g/mol. The van der Waals surface area contributed by atoms with E-state index in [-0.39, 0.29) is 11.9 Å². The molecule has 2 atom stereocenters. The molecule has 116 valence electrons. The molecule has 1 aromatic carbocycles. The third-order valence-corrected chi connectivity index (χ3v) is 4.35. The van der Waals surface area contributed by atoms with Crippen LogP contribution in [0.25, 0.3) is 0 Å². The summed E-state index contributed by atoms with van der Waals surface area (Å²) in [4.78, 5) is 14.6. The maximum absolute atomic E-state index is 12.0. The van der Waals surface area contributed by atoms with Gasteiger partial charge in [0.05, 0.1) is 0 Å². The highest BCUT2D eigenvalue weighted by molar-refractivity contribution is 5.94. The molecular weight excluding hydrogens is 260 g/mol. The molecule has 1 amide bonds. The van der Waals surface area contributed by atoms with Gasteiger partial charge in [0.1, 0.15) is 0 Å². The second kappa shape index (κ2) is 7.60. The number of piperidine rings is 1. The smallest absolute Gasteiger partial charge is 0.251 e. The fourth-order valence-electron chi connectivity index (χ4n) is 2.86. The molecule has 1 saturated heterocycles. The third kappa shape index (κ3) is 4.85. The lowest BCUT2D eigenvalue weighted by molar-refractivity contribution is 0.0939. The van der Waals surface area contributed by atoms with E-state index >= 15 is 0 Å². The Bertz CT molecular complexity index is 455. The van der Waals surface area contributed by atoms with Gasteiger partial charge in [-0.2, -0.15) is 0 Å². The zero-order valence-corrected chi connectivity index (χ0v) is 13.6. The Balaban J connectivity index is 1.91. The molecule has 1 aliphatic rings. The summed E-state index contributed by atoms with van der Waals surface area (Å²) in [6, 6.07) is 8.29. The quantitative estimate of drug-likeness (QED) is 0.900. The number of benzene rings is 1. The van der Waals surface area contributed by atoms with Gasteiger partial charge in [0.25, 0.3) is 5.91 Å². The van der Waals surface area contributed by atoms with Gasteiger partial charge in [0, 0.05) is 24.7 Å². The first-order chi connectivity index (χ1) is 10.1. The number of likely N-dealkylation sites (tertiary alicyclic amines) is 1. The summed E-state index contributed by atoms with van der Waals surface area (Å²) in [5.74, 6) is 0.835. The van der Waals surface area contributed by atoms with E-state index in [2.05, 4.69) is 36.2 Å². The van der Waals surface area contributed by atoms with Crippen molar-refractivity contribution in [1.29, 1.82) is 0 Å². The molecular formula is C18H28N2O. The van der Waals surface area contributed by atoms with Crippen LogP contribution in [0.15, 0.2) is 24.3 Å². The maximum atomic E-state index is 12.0. The van der Waals surface area contributed by atoms with Crippen LogP contribution >= 0.6 is 0 Å². The third-order valence-electron chi connectivity index (χ3n) is 4.35. The Morgan fingerprint density at radius 1 is 1.38 bits per heavy atom. The number of amides is 1. The summed E-state index contributed by atoms with van der Waals surface area (Å²) in [6.07, 6.45) is 3.61. The second-order valence-corrected chi connectivity index (χ2v) is 6.46. The lowest BCUT2D eigenvalue weighted by atomic mass is 9.99. The van der Waals surface area contributed by atoms with Crippen LogP contribution in [0.2, 0.25) is 0 Å². The molecule has 2 rings (SSSR count). The van der Waals surface area contributed by atoms with Gasteiger partial charge in [-0.05, 0) is 56.3 Å². The van der Waals surface area contributed by atoms with Crippen LogP contribution in [-0.2, 0) is 6.54 Å². The Morgan fingerprint density at radius 3 is 2.71 bits per heavy atom. The van der Waals surface area contributed by atoms with Gasteiger partial charge in [-0.25, -0.2) is 0 Å². The predicted octanol–water partition coefficient (Wildman–Crippen LogP) is 3.45. The molecule has 0 bridgehead atoms. The summed E-state index contributed by atoms with van der Waals surface area (Å²) in [6.45, 7) is 9.82. The Labute approximate surface area is 128 Å². The van der Waals surface area contributed by atoms with Crippen molar-refractivity contribution >= 4 is 5.91 Å². The van der Waals surface area contributed by atoms with E-state index in [0.717, 1.165) is 24.4 Å². The number of rotatable bonds is 5. The van der Waals surface area contributed by atoms with Gasteiger partial charge in [0.15, 0.2) is 0 Å². The van der Waals surface area contributed by atoms with E-state index in [1.54, 1.807) is 0 Å². The predicted molar refractivity (Wildman–Crippen MR) is 87.3 cm³/mol. The molecule has 0 aromatic heterocycles. The first-order valence-electron chi connectivity index (χ1n) is 8.20. The van der Waals surface area contributed by atoms with Crippen molar-refractivity contribution in [2.45, 2.75) is 52.6 Å². The number of carbonyl (C=O) groups excluding carboxylic acids is 1. The fraction of sp³-hybridized carbons (Fsp3) is 0.611. The van der Waals surface area contributed by atoms with E-state index in [1.165, 1.54) is 31.5 Å². The molecule has 21 heavy (non-hydrogen) atoms. The molecule has 0 spiro atoms. The van der Waals surface area contributed by atoms with Crippen LogP contribution in [0, 0.1) is 5.92 Å². The van der Waals surface area contributed by atoms with Gasteiger partial charge in [-0.1, -0.05) is 26.0 Å². The van der Waals surface area contributed by atoms with Crippen LogP contribution in [0.5, 0.6) is 0 Å². The lowest BCUT2D eigenvalue weighted by Gasteiger charge is -2.30. The van der Waals surface area contributed by atoms with Crippen molar-refractivity contribution in [2.75, 3.05) is 13.1 Å². The highest BCUT2D eigenvalue weighted by atomic mass is 16.1. The van der Waals surface area contributed by atoms with Gasteiger partial charge in [0.2, 0.25) is 0 Å². The Hall–Kier alpha value is -1.35. The van der Waals surface area contributed by atoms with Crippen LogP contribution in [0.1, 0.15) is 56.0 Å². The topological polar surface area (TPSA) is 32.3 Å². The van der Waals surface area contributed by atoms with Gasteiger partial charge in [-0.3, -0.25) is 9.69 Å². The molecule has 0 unspecified atom stereocenters. The minimum Gasteiger partial charge on any atom is -0.350 e. The average Bonchev–Trinajstić information content (AvgIpc) is 2.47. The molecule has 1 fully saturated rings. The fourth-order valence-corrected chi connectivity index (χ4v) is 2.86. The lowest BCUT2D eigenvalue weighted by Crippen LogP contribution is -2.33. The van der Waals surface area contributed by atoms with E-state index in [9.17, 15) is 4.79 Å². The number of carbonyl (C=O) groups is 1. The van der Waals surface area contributed by atoms with Gasteiger partial charge < -0.3 is 5.32 Å².